The Morgan fingerprint density at radius 3 is 3.04 bits per heavy atom. The molecule has 2 atom stereocenters. The van der Waals surface area contributed by atoms with Crippen molar-refractivity contribution in [3.63, 3.8) is 0 Å². The third-order valence-electron chi connectivity index (χ3n) is 4.42. The first-order chi connectivity index (χ1) is 11.3. The van der Waals surface area contributed by atoms with E-state index in [1.54, 1.807) is 12.5 Å². The van der Waals surface area contributed by atoms with Gasteiger partial charge in [-0.3, -0.25) is 0 Å². The van der Waals surface area contributed by atoms with E-state index < -0.39 is 0 Å². The first-order valence-corrected chi connectivity index (χ1v) is 8.08. The van der Waals surface area contributed by atoms with Crippen LogP contribution >= 0.6 is 0 Å². The van der Waals surface area contributed by atoms with Gasteiger partial charge in [0.2, 0.25) is 0 Å². The molecule has 1 saturated carbocycles. The van der Waals surface area contributed by atoms with Crippen molar-refractivity contribution >= 4 is 17.1 Å². The van der Waals surface area contributed by atoms with E-state index in [1.807, 2.05) is 29.0 Å². The van der Waals surface area contributed by atoms with Crippen LogP contribution in [-0.2, 0) is 6.54 Å². The van der Waals surface area contributed by atoms with Crippen LogP contribution in [0.5, 0.6) is 0 Å². The first kappa shape index (κ1) is 14.3. The molecule has 2 aromatic heterocycles. The number of nitrogens with zero attached hydrogens (tertiary/aromatic N) is 3. The summed E-state index contributed by atoms with van der Waals surface area (Å²) in [6.45, 7) is 0.751. The highest BCUT2D eigenvalue weighted by Gasteiger charge is 2.24. The number of imidazole rings is 1. The lowest BCUT2D eigenvalue weighted by atomic mass is 9.93. The quantitative estimate of drug-likeness (QED) is 0.774. The highest BCUT2D eigenvalue weighted by atomic mass is 16.4. The van der Waals surface area contributed by atoms with Crippen LogP contribution in [0.25, 0.3) is 11.1 Å². The van der Waals surface area contributed by atoms with Crippen LogP contribution in [0.4, 0.5) is 6.01 Å². The normalized spacial score (nSPS) is 21.6. The van der Waals surface area contributed by atoms with Crippen molar-refractivity contribution in [1.82, 2.24) is 14.5 Å². The van der Waals surface area contributed by atoms with Gasteiger partial charge in [0.05, 0.1) is 18.5 Å². The molecule has 0 unspecified atom stereocenters. The number of rotatable bonds is 4. The minimum absolute atomic E-state index is 0.0298. The van der Waals surface area contributed by atoms with Crippen molar-refractivity contribution in [3.05, 3.63) is 42.5 Å². The van der Waals surface area contributed by atoms with Crippen molar-refractivity contribution in [2.24, 2.45) is 0 Å². The van der Waals surface area contributed by atoms with Crippen LogP contribution in [-0.4, -0.2) is 31.8 Å². The lowest BCUT2D eigenvalue weighted by molar-refractivity contribution is 0.115. The maximum atomic E-state index is 10.1. The SMILES string of the molecule is O[C@@H]1CCCC[C@H]1Nc1nc2ccc(Cn3ccnc3)cc2o1. The summed E-state index contributed by atoms with van der Waals surface area (Å²) in [5, 5.41) is 13.3. The number of fused-ring (bicyclic) bond motifs is 1. The summed E-state index contributed by atoms with van der Waals surface area (Å²) in [5.74, 6) is 0. The predicted molar refractivity (Wildman–Crippen MR) is 87.2 cm³/mol. The second-order valence-corrected chi connectivity index (χ2v) is 6.16. The van der Waals surface area contributed by atoms with Gasteiger partial charge in [-0.25, -0.2) is 4.98 Å². The van der Waals surface area contributed by atoms with E-state index in [2.05, 4.69) is 15.3 Å². The van der Waals surface area contributed by atoms with Gasteiger partial charge in [-0.2, -0.15) is 4.98 Å². The molecule has 23 heavy (non-hydrogen) atoms. The molecular formula is C17H20N4O2. The molecule has 0 spiro atoms. The molecular weight excluding hydrogens is 292 g/mol. The average molecular weight is 312 g/mol. The smallest absolute Gasteiger partial charge is 0.295 e. The molecule has 3 aromatic rings. The van der Waals surface area contributed by atoms with E-state index >= 15 is 0 Å². The lowest BCUT2D eigenvalue weighted by Gasteiger charge is -2.27. The molecule has 1 aliphatic rings. The summed E-state index contributed by atoms with van der Waals surface area (Å²) in [5.41, 5.74) is 2.72. The predicted octanol–water partition coefficient (Wildman–Crippen LogP) is 2.79. The zero-order chi connectivity index (χ0) is 15.6. The van der Waals surface area contributed by atoms with E-state index in [0.717, 1.165) is 48.9 Å². The van der Waals surface area contributed by atoms with Gasteiger partial charge in [-0.1, -0.05) is 18.9 Å². The minimum atomic E-state index is -0.324. The van der Waals surface area contributed by atoms with Gasteiger partial charge in [-0.15, -0.1) is 0 Å². The Hall–Kier alpha value is -2.34. The van der Waals surface area contributed by atoms with Gasteiger partial charge >= 0.3 is 0 Å². The van der Waals surface area contributed by atoms with Crippen LogP contribution < -0.4 is 5.32 Å². The Kier molecular flexibility index (Phi) is 3.75. The standard InChI is InChI=1S/C17H20N4O2/c22-15-4-2-1-3-13(15)19-17-20-14-6-5-12(9-16(14)23-17)10-21-8-7-18-11-21/h5-9,11,13,15,22H,1-4,10H2,(H,19,20)/t13-,15-/m1/s1. The molecule has 0 aliphatic heterocycles. The van der Waals surface area contributed by atoms with E-state index in [-0.39, 0.29) is 12.1 Å². The number of anilines is 1. The van der Waals surface area contributed by atoms with Crippen LogP contribution in [0.1, 0.15) is 31.2 Å². The largest absolute Gasteiger partial charge is 0.424 e. The molecule has 1 aliphatic carbocycles. The van der Waals surface area contributed by atoms with Crippen molar-refractivity contribution in [2.75, 3.05) is 5.32 Å². The Bertz CT molecular complexity index is 781. The number of hydrogen-bond donors (Lipinski definition) is 2. The van der Waals surface area contributed by atoms with Gasteiger partial charge in [-0.05, 0) is 30.5 Å². The summed E-state index contributed by atoms with van der Waals surface area (Å²) < 4.78 is 7.83. The second-order valence-electron chi connectivity index (χ2n) is 6.16. The molecule has 0 amide bonds. The molecule has 6 nitrogen and oxygen atoms in total. The molecule has 4 rings (SSSR count). The van der Waals surface area contributed by atoms with Crippen molar-refractivity contribution in [1.29, 1.82) is 0 Å². The maximum absolute atomic E-state index is 10.1. The van der Waals surface area contributed by atoms with E-state index in [1.165, 1.54) is 0 Å². The lowest BCUT2D eigenvalue weighted by Crippen LogP contribution is -2.36. The van der Waals surface area contributed by atoms with Crippen LogP contribution in [0.15, 0.2) is 41.3 Å². The van der Waals surface area contributed by atoms with Crippen LogP contribution in [0.3, 0.4) is 0 Å². The molecule has 1 fully saturated rings. The molecule has 1 aromatic carbocycles. The molecule has 2 N–H and O–H groups in total. The molecule has 0 saturated heterocycles. The van der Waals surface area contributed by atoms with Gasteiger partial charge in [0.15, 0.2) is 5.58 Å². The number of aliphatic hydroxyl groups excluding tert-OH is 1. The van der Waals surface area contributed by atoms with Crippen molar-refractivity contribution < 1.29 is 9.52 Å². The van der Waals surface area contributed by atoms with E-state index in [0.29, 0.717) is 6.01 Å². The fourth-order valence-corrected chi connectivity index (χ4v) is 3.16. The molecule has 6 heteroatoms. The number of aliphatic hydroxyl groups is 1. The number of nitrogens with one attached hydrogen (secondary N) is 1. The highest BCUT2D eigenvalue weighted by molar-refractivity contribution is 5.75. The number of benzene rings is 1. The van der Waals surface area contributed by atoms with E-state index in [4.69, 9.17) is 4.42 Å². The zero-order valence-electron chi connectivity index (χ0n) is 12.9. The second kappa shape index (κ2) is 6.04. The summed E-state index contributed by atoms with van der Waals surface area (Å²) in [7, 11) is 0. The summed E-state index contributed by atoms with van der Waals surface area (Å²) in [4.78, 5) is 8.52. The number of hydrogen-bond acceptors (Lipinski definition) is 5. The van der Waals surface area contributed by atoms with Crippen LogP contribution in [0.2, 0.25) is 0 Å². The summed E-state index contributed by atoms with van der Waals surface area (Å²) in [6, 6.07) is 6.54. The number of oxazole rings is 1. The topological polar surface area (TPSA) is 76.1 Å². The zero-order valence-corrected chi connectivity index (χ0v) is 12.9. The molecule has 120 valence electrons. The molecule has 2 heterocycles. The summed E-state index contributed by atoms with van der Waals surface area (Å²) in [6.07, 6.45) is 9.18. The van der Waals surface area contributed by atoms with Gasteiger partial charge < -0.3 is 19.4 Å². The molecule has 0 bridgehead atoms. The number of aromatic nitrogens is 3. The Morgan fingerprint density at radius 2 is 2.22 bits per heavy atom. The highest BCUT2D eigenvalue weighted by Crippen LogP contribution is 2.25. The van der Waals surface area contributed by atoms with Gasteiger partial charge in [0.25, 0.3) is 6.01 Å². The van der Waals surface area contributed by atoms with Crippen molar-refractivity contribution in [3.8, 4) is 0 Å². The molecule has 0 radical (unpaired) electrons. The van der Waals surface area contributed by atoms with E-state index in [9.17, 15) is 5.11 Å². The fraction of sp³-hybridized carbons (Fsp3) is 0.412. The minimum Gasteiger partial charge on any atom is -0.424 e. The van der Waals surface area contributed by atoms with Crippen LogP contribution in [0, 0.1) is 0 Å². The Labute approximate surface area is 134 Å². The fourth-order valence-electron chi connectivity index (χ4n) is 3.16. The van der Waals surface area contributed by atoms with Gasteiger partial charge in [0.1, 0.15) is 5.52 Å². The average Bonchev–Trinajstić information content (AvgIpc) is 3.18. The third-order valence-corrected chi connectivity index (χ3v) is 4.42. The monoisotopic (exact) mass is 312 g/mol. The van der Waals surface area contributed by atoms with Crippen molar-refractivity contribution in [2.45, 2.75) is 44.4 Å². The third kappa shape index (κ3) is 3.07. The maximum Gasteiger partial charge on any atom is 0.295 e. The van der Waals surface area contributed by atoms with Gasteiger partial charge in [0, 0.05) is 18.9 Å². The Balaban J connectivity index is 1.53. The Morgan fingerprint density at radius 1 is 1.30 bits per heavy atom. The first-order valence-electron chi connectivity index (χ1n) is 8.08. The summed E-state index contributed by atoms with van der Waals surface area (Å²) >= 11 is 0.